The van der Waals surface area contributed by atoms with Crippen LogP contribution in [0.5, 0.6) is 5.75 Å². The summed E-state index contributed by atoms with van der Waals surface area (Å²) in [4.78, 5) is 0. The van der Waals surface area contributed by atoms with Crippen LogP contribution in [0.4, 0.5) is 0 Å². The molecule has 4 nitrogen and oxygen atoms in total. The first-order chi connectivity index (χ1) is 10.1. The lowest BCUT2D eigenvalue weighted by Gasteiger charge is -2.14. The Kier molecular flexibility index (Phi) is 9.42. The molecule has 0 unspecified atom stereocenters. The van der Waals surface area contributed by atoms with Crippen molar-refractivity contribution in [2.24, 2.45) is 5.92 Å². The van der Waals surface area contributed by atoms with Gasteiger partial charge in [0.25, 0.3) is 0 Å². The number of ether oxygens (including phenoxy) is 3. The quantitative estimate of drug-likeness (QED) is 0.637. The molecule has 5 heteroatoms. The van der Waals surface area contributed by atoms with Crippen LogP contribution in [0.2, 0.25) is 5.02 Å². The number of hydrogen-bond donors (Lipinski definition) is 1. The van der Waals surface area contributed by atoms with Gasteiger partial charge < -0.3 is 19.5 Å². The Morgan fingerprint density at radius 1 is 1.14 bits per heavy atom. The van der Waals surface area contributed by atoms with Crippen LogP contribution in [0.1, 0.15) is 19.4 Å². The lowest BCUT2D eigenvalue weighted by molar-refractivity contribution is 0.0542. The molecule has 0 aliphatic carbocycles. The molecule has 1 N–H and O–H groups in total. The summed E-state index contributed by atoms with van der Waals surface area (Å²) in [6, 6.07) is 5.69. The van der Waals surface area contributed by atoms with Crippen molar-refractivity contribution in [3.8, 4) is 5.75 Å². The Morgan fingerprint density at radius 3 is 2.62 bits per heavy atom. The third kappa shape index (κ3) is 8.27. The van der Waals surface area contributed by atoms with Gasteiger partial charge in [0.05, 0.1) is 19.8 Å². The molecule has 0 saturated carbocycles. The van der Waals surface area contributed by atoms with Crippen molar-refractivity contribution in [2.45, 2.75) is 20.4 Å². The van der Waals surface area contributed by atoms with Gasteiger partial charge in [-0.1, -0.05) is 25.4 Å². The molecular formula is C16H26ClNO3. The molecule has 0 bridgehead atoms. The van der Waals surface area contributed by atoms with Gasteiger partial charge in [0.1, 0.15) is 12.4 Å². The number of rotatable bonds is 11. The molecule has 0 aliphatic heterocycles. The van der Waals surface area contributed by atoms with Crippen LogP contribution in [-0.2, 0) is 16.0 Å². The van der Waals surface area contributed by atoms with Crippen LogP contribution in [0.15, 0.2) is 18.2 Å². The number of hydrogen-bond acceptors (Lipinski definition) is 4. The van der Waals surface area contributed by atoms with Crippen molar-refractivity contribution >= 4 is 11.6 Å². The maximum atomic E-state index is 6.05. The van der Waals surface area contributed by atoms with E-state index in [9.17, 15) is 0 Å². The zero-order valence-electron chi connectivity index (χ0n) is 13.2. The topological polar surface area (TPSA) is 39.7 Å². The van der Waals surface area contributed by atoms with Crippen molar-refractivity contribution < 1.29 is 14.2 Å². The first-order valence-electron chi connectivity index (χ1n) is 7.32. The normalized spacial score (nSPS) is 11.1. The highest BCUT2D eigenvalue weighted by atomic mass is 35.5. The van der Waals surface area contributed by atoms with Gasteiger partial charge in [0, 0.05) is 24.2 Å². The molecule has 0 aliphatic rings. The predicted molar refractivity (Wildman–Crippen MR) is 86.2 cm³/mol. The first kappa shape index (κ1) is 18.2. The smallest absolute Gasteiger partial charge is 0.124 e. The third-order valence-electron chi connectivity index (χ3n) is 2.81. The van der Waals surface area contributed by atoms with Crippen LogP contribution in [0.25, 0.3) is 0 Å². The minimum atomic E-state index is 0.516. The SMILES string of the molecule is COCCOCCOc1ccc(Cl)cc1CNCC(C)C. The molecule has 21 heavy (non-hydrogen) atoms. The van der Waals surface area contributed by atoms with E-state index in [1.165, 1.54) is 0 Å². The van der Waals surface area contributed by atoms with Crippen LogP contribution < -0.4 is 10.1 Å². The van der Waals surface area contributed by atoms with Crippen molar-refractivity contribution in [3.05, 3.63) is 28.8 Å². The fourth-order valence-corrected chi connectivity index (χ4v) is 1.97. The fourth-order valence-electron chi connectivity index (χ4n) is 1.78. The molecule has 0 spiro atoms. The molecule has 0 fully saturated rings. The zero-order valence-corrected chi connectivity index (χ0v) is 13.9. The summed E-state index contributed by atoms with van der Waals surface area (Å²) in [5.41, 5.74) is 1.07. The molecule has 0 atom stereocenters. The van der Waals surface area contributed by atoms with Crippen molar-refractivity contribution in [3.63, 3.8) is 0 Å². The van der Waals surface area contributed by atoms with Crippen LogP contribution in [0.3, 0.4) is 0 Å². The minimum absolute atomic E-state index is 0.516. The lowest BCUT2D eigenvalue weighted by atomic mass is 10.2. The summed E-state index contributed by atoms with van der Waals surface area (Å²) in [7, 11) is 1.66. The number of halogens is 1. The Hall–Kier alpha value is -0.810. The van der Waals surface area contributed by atoms with E-state index in [0.717, 1.165) is 29.4 Å². The van der Waals surface area contributed by atoms with Gasteiger partial charge in [-0.15, -0.1) is 0 Å². The van der Waals surface area contributed by atoms with E-state index in [4.69, 9.17) is 25.8 Å². The minimum Gasteiger partial charge on any atom is -0.491 e. The standard InChI is InChI=1S/C16H26ClNO3/c1-13(2)11-18-12-14-10-15(17)4-5-16(14)21-9-8-20-7-6-19-3/h4-5,10,13,18H,6-9,11-12H2,1-3H3. The molecule has 1 aromatic rings. The lowest BCUT2D eigenvalue weighted by Crippen LogP contribution is -2.19. The summed E-state index contributed by atoms with van der Waals surface area (Å²) in [6.45, 7) is 8.33. The van der Waals surface area contributed by atoms with E-state index in [1.54, 1.807) is 7.11 Å². The Labute approximate surface area is 132 Å². The molecule has 0 heterocycles. The average Bonchev–Trinajstić information content (AvgIpc) is 2.44. The summed E-state index contributed by atoms with van der Waals surface area (Å²) < 4.78 is 16.1. The molecule has 0 radical (unpaired) electrons. The van der Waals surface area contributed by atoms with Gasteiger partial charge in [0.15, 0.2) is 0 Å². The van der Waals surface area contributed by atoms with Gasteiger partial charge in [-0.25, -0.2) is 0 Å². The highest BCUT2D eigenvalue weighted by Crippen LogP contribution is 2.22. The zero-order chi connectivity index (χ0) is 15.5. The van der Waals surface area contributed by atoms with Crippen molar-refractivity contribution in [2.75, 3.05) is 40.1 Å². The maximum absolute atomic E-state index is 6.05. The van der Waals surface area contributed by atoms with E-state index in [0.29, 0.717) is 32.3 Å². The highest BCUT2D eigenvalue weighted by molar-refractivity contribution is 6.30. The second-order valence-electron chi connectivity index (χ2n) is 5.23. The second kappa shape index (κ2) is 10.9. The van der Waals surface area contributed by atoms with Crippen LogP contribution in [0, 0.1) is 5.92 Å². The summed E-state index contributed by atoms with van der Waals surface area (Å²) in [6.07, 6.45) is 0. The number of nitrogens with one attached hydrogen (secondary N) is 1. The molecule has 0 saturated heterocycles. The fraction of sp³-hybridized carbons (Fsp3) is 0.625. The molecule has 120 valence electrons. The van der Waals surface area contributed by atoms with Gasteiger partial charge in [0.2, 0.25) is 0 Å². The number of benzene rings is 1. The Morgan fingerprint density at radius 2 is 1.90 bits per heavy atom. The number of methoxy groups -OCH3 is 1. The second-order valence-corrected chi connectivity index (χ2v) is 5.67. The van der Waals surface area contributed by atoms with Crippen LogP contribution >= 0.6 is 11.6 Å². The summed E-state index contributed by atoms with van der Waals surface area (Å²) in [5, 5.41) is 4.12. The van der Waals surface area contributed by atoms with Gasteiger partial charge in [-0.05, 0) is 30.7 Å². The Balaban J connectivity index is 2.40. The molecule has 1 rings (SSSR count). The molecule has 0 amide bonds. The largest absolute Gasteiger partial charge is 0.491 e. The highest BCUT2D eigenvalue weighted by Gasteiger charge is 2.05. The molecule has 0 aromatic heterocycles. The van der Waals surface area contributed by atoms with E-state index in [1.807, 2.05) is 18.2 Å². The van der Waals surface area contributed by atoms with E-state index in [-0.39, 0.29) is 0 Å². The van der Waals surface area contributed by atoms with Crippen LogP contribution in [-0.4, -0.2) is 40.1 Å². The molecule has 1 aromatic carbocycles. The van der Waals surface area contributed by atoms with Crippen molar-refractivity contribution in [1.29, 1.82) is 0 Å². The van der Waals surface area contributed by atoms with E-state index < -0.39 is 0 Å². The maximum Gasteiger partial charge on any atom is 0.124 e. The van der Waals surface area contributed by atoms with Gasteiger partial charge >= 0.3 is 0 Å². The molecular weight excluding hydrogens is 290 g/mol. The first-order valence-corrected chi connectivity index (χ1v) is 7.70. The monoisotopic (exact) mass is 315 g/mol. The van der Waals surface area contributed by atoms with Crippen molar-refractivity contribution in [1.82, 2.24) is 5.32 Å². The van der Waals surface area contributed by atoms with Gasteiger partial charge in [-0.3, -0.25) is 0 Å². The summed E-state index contributed by atoms with van der Waals surface area (Å²) in [5.74, 6) is 1.47. The van der Waals surface area contributed by atoms with E-state index >= 15 is 0 Å². The van der Waals surface area contributed by atoms with E-state index in [2.05, 4.69) is 19.2 Å². The third-order valence-corrected chi connectivity index (χ3v) is 3.04. The summed E-state index contributed by atoms with van der Waals surface area (Å²) >= 11 is 6.05. The predicted octanol–water partition coefficient (Wildman–Crippen LogP) is 3.13. The average molecular weight is 316 g/mol. The van der Waals surface area contributed by atoms with Gasteiger partial charge in [-0.2, -0.15) is 0 Å². The Bertz CT molecular complexity index is 399.